The molecule has 2 aromatic heterocycles. The van der Waals surface area contributed by atoms with E-state index in [1.54, 1.807) is 23.1 Å². The molecule has 1 amide bonds. The monoisotopic (exact) mass is 434 g/mol. The molecule has 1 N–H and O–H groups in total. The number of hydrogen-bond acceptors (Lipinski definition) is 5. The third kappa shape index (κ3) is 4.47. The molecule has 4 aromatic rings. The van der Waals surface area contributed by atoms with Gasteiger partial charge in [-0.05, 0) is 57.2 Å². The number of carbonyl (C=O) groups is 1. The van der Waals surface area contributed by atoms with Crippen LogP contribution in [-0.2, 0) is 5.75 Å². The van der Waals surface area contributed by atoms with Gasteiger partial charge in [0.1, 0.15) is 0 Å². The molecule has 0 aliphatic carbocycles. The van der Waals surface area contributed by atoms with Crippen LogP contribution in [-0.4, -0.2) is 20.7 Å². The fourth-order valence-corrected chi connectivity index (χ4v) is 4.67. The summed E-state index contributed by atoms with van der Waals surface area (Å²) in [6, 6.07) is 17.6. The summed E-state index contributed by atoms with van der Waals surface area (Å²) in [6.07, 6.45) is 0. The van der Waals surface area contributed by atoms with Crippen LogP contribution in [0.4, 0.5) is 5.69 Å². The summed E-state index contributed by atoms with van der Waals surface area (Å²) < 4.78 is 1.85. The molecule has 0 saturated carbocycles. The van der Waals surface area contributed by atoms with E-state index in [1.165, 1.54) is 0 Å². The first-order valence-corrected chi connectivity index (χ1v) is 11.4. The summed E-state index contributed by atoms with van der Waals surface area (Å²) in [5.74, 6) is 0.688. The first-order chi connectivity index (χ1) is 14.5. The van der Waals surface area contributed by atoms with Gasteiger partial charge in [0.15, 0.2) is 0 Å². The van der Waals surface area contributed by atoms with Gasteiger partial charge in [0.2, 0.25) is 0 Å². The Morgan fingerprint density at radius 2 is 1.80 bits per heavy atom. The normalized spacial score (nSPS) is 10.9. The highest BCUT2D eigenvalue weighted by Gasteiger charge is 2.16. The molecule has 5 nitrogen and oxygen atoms in total. The van der Waals surface area contributed by atoms with Gasteiger partial charge in [-0.3, -0.25) is 4.79 Å². The van der Waals surface area contributed by atoms with Crippen LogP contribution < -0.4 is 5.32 Å². The van der Waals surface area contributed by atoms with Gasteiger partial charge < -0.3 is 5.32 Å². The zero-order valence-electron chi connectivity index (χ0n) is 17.0. The van der Waals surface area contributed by atoms with E-state index in [-0.39, 0.29) is 5.91 Å². The molecule has 0 aliphatic rings. The molecular weight excluding hydrogens is 412 g/mol. The minimum Gasteiger partial charge on any atom is -0.319 e. The molecular formula is C23H22N4OS2. The van der Waals surface area contributed by atoms with E-state index >= 15 is 0 Å². The van der Waals surface area contributed by atoms with E-state index in [1.807, 2.05) is 80.1 Å². The largest absolute Gasteiger partial charge is 0.319 e. The van der Waals surface area contributed by atoms with Crippen molar-refractivity contribution < 1.29 is 4.79 Å². The van der Waals surface area contributed by atoms with Crippen molar-refractivity contribution >= 4 is 34.7 Å². The number of nitrogens with one attached hydrogen (secondary N) is 1. The molecule has 152 valence electrons. The lowest BCUT2D eigenvalue weighted by Crippen LogP contribution is -2.13. The van der Waals surface area contributed by atoms with Crippen LogP contribution in [0.2, 0.25) is 0 Å². The second-order valence-electron chi connectivity index (χ2n) is 6.92. The topological polar surface area (TPSA) is 59.8 Å². The Balaban J connectivity index is 1.44. The quantitative estimate of drug-likeness (QED) is 0.390. The van der Waals surface area contributed by atoms with E-state index in [9.17, 15) is 4.79 Å². The van der Waals surface area contributed by atoms with Crippen LogP contribution >= 0.6 is 23.1 Å². The van der Waals surface area contributed by atoms with Gasteiger partial charge in [-0.2, -0.15) is 5.10 Å². The van der Waals surface area contributed by atoms with Gasteiger partial charge in [-0.15, -0.1) is 23.1 Å². The molecule has 0 bridgehead atoms. The highest BCUT2D eigenvalue weighted by atomic mass is 32.2. The van der Waals surface area contributed by atoms with Gasteiger partial charge >= 0.3 is 0 Å². The highest BCUT2D eigenvalue weighted by Crippen LogP contribution is 2.26. The fraction of sp³-hybridized carbons (Fsp3) is 0.174. The van der Waals surface area contributed by atoms with Crippen LogP contribution in [0.15, 0.2) is 64.9 Å². The number of aryl methyl sites for hydroxylation is 2. The van der Waals surface area contributed by atoms with Crippen molar-refractivity contribution in [3.63, 3.8) is 0 Å². The van der Waals surface area contributed by atoms with Crippen molar-refractivity contribution in [1.82, 2.24) is 14.8 Å². The molecule has 7 heteroatoms. The van der Waals surface area contributed by atoms with Gasteiger partial charge in [0.25, 0.3) is 5.91 Å². The number of rotatable bonds is 6. The maximum Gasteiger partial charge on any atom is 0.255 e. The van der Waals surface area contributed by atoms with Crippen molar-refractivity contribution in [2.45, 2.75) is 31.4 Å². The van der Waals surface area contributed by atoms with Gasteiger partial charge in [-0.1, -0.05) is 18.2 Å². The number of amides is 1. The fourth-order valence-electron chi connectivity index (χ4n) is 3.16. The Bertz CT molecular complexity index is 1160. The van der Waals surface area contributed by atoms with Gasteiger partial charge in [-0.25, -0.2) is 9.67 Å². The molecule has 0 radical (unpaired) electrons. The zero-order chi connectivity index (χ0) is 21.1. The Kier molecular flexibility index (Phi) is 6.01. The van der Waals surface area contributed by atoms with Crippen molar-refractivity contribution in [3.8, 4) is 5.69 Å². The molecule has 0 aliphatic heterocycles. The van der Waals surface area contributed by atoms with Crippen molar-refractivity contribution in [2.75, 3.05) is 5.32 Å². The third-order valence-electron chi connectivity index (χ3n) is 4.70. The maximum atomic E-state index is 12.8. The SMILES string of the molecule is Cc1nc(CSc2ccc(C(=O)Nc3c(C)nn(-c4ccccc4)c3C)cc2)cs1. The number of nitrogens with zero attached hydrogens (tertiary/aromatic N) is 3. The summed E-state index contributed by atoms with van der Waals surface area (Å²) in [5, 5.41) is 10.8. The van der Waals surface area contributed by atoms with Crippen LogP contribution in [0.3, 0.4) is 0 Å². The number of benzene rings is 2. The number of anilines is 1. The predicted octanol–water partition coefficient (Wildman–Crippen LogP) is 5.80. The molecule has 2 heterocycles. The lowest BCUT2D eigenvalue weighted by Gasteiger charge is -2.08. The van der Waals surface area contributed by atoms with Gasteiger partial charge in [0.05, 0.1) is 33.5 Å². The first kappa shape index (κ1) is 20.4. The average molecular weight is 435 g/mol. The molecule has 30 heavy (non-hydrogen) atoms. The standard InChI is InChI=1S/C23H22N4OS2/c1-15-22(16(2)27(26-15)20-7-5-4-6-8-20)25-23(28)18-9-11-21(12-10-18)30-14-19-13-29-17(3)24-19/h4-13H,14H2,1-3H3,(H,25,28). The van der Waals surface area contributed by atoms with Crippen molar-refractivity contribution in [2.24, 2.45) is 0 Å². The molecule has 0 unspecified atom stereocenters. The minimum absolute atomic E-state index is 0.138. The summed E-state index contributed by atoms with van der Waals surface area (Å²) in [4.78, 5) is 18.4. The summed E-state index contributed by atoms with van der Waals surface area (Å²) in [5.41, 5.74) is 5.12. The van der Waals surface area contributed by atoms with E-state index in [2.05, 4.69) is 20.8 Å². The highest BCUT2D eigenvalue weighted by molar-refractivity contribution is 7.98. The number of thiazole rings is 1. The van der Waals surface area contributed by atoms with E-state index in [0.717, 1.165) is 44.1 Å². The number of para-hydroxylation sites is 1. The smallest absolute Gasteiger partial charge is 0.255 e. The molecule has 0 spiro atoms. The van der Waals surface area contributed by atoms with Crippen molar-refractivity contribution in [1.29, 1.82) is 0 Å². The second-order valence-corrected chi connectivity index (χ2v) is 9.03. The Hall–Kier alpha value is -2.90. The molecule has 0 fully saturated rings. The van der Waals surface area contributed by atoms with Crippen molar-refractivity contribution in [3.05, 3.63) is 87.6 Å². The minimum atomic E-state index is -0.138. The number of thioether (sulfide) groups is 1. The zero-order valence-corrected chi connectivity index (χ0v) is 18.7. The van der Waals surface area contributed by atoms with E-state index < -0.39 is 0 Å². The second kappa shape index (κ2) is 8.85. The molecule has 2 aromatic carbocycles. The lowest BCUT2D eigenvalue weighted by atomic mass is 10.2. The summed E-state index contributed by atoms with van der Waals surface area (Å²) in [6.45, 7) is 5.88. The molecule has 4 rings (SSSR count). The van der Waals surface area contributed by atoms with E-state index in [0.29, 0.717) is 5.56 Å². The lowest BCUT2D eigenvalue weighted by molar-refractivity contribution is 0.102. The molecule has 0 saturated heterocycles. The van der Waals surface area contributed by atoms with Gasteiger partial charge in [0, 0.05) is 21.6 Å². The number of carbonyl (C=O) groups excluding carboxylic acids is 1. The Morgan fingerprint density at radius 1 is 1.07 bits per heavy atom. The Labute approximate surface area is 184 Å². The van der Waals surface area contributed by atoms with Crippen LogP contribution in [0.25, 0.3) is 5.69 Å². The van der Waals surface area contributed by atoms with E-state index in [4.69, 9.17) is 0 Å². The number of hydrogen-bond donors (Lipinski definition) is 1. The predicted molar refractivity (Wildman–Crippen MR) is 124 cm³/mol. The molecule has 0 atom stereocenters. The Morgan fingerprint density at radius 3 is 2.47 bits per heavy atom. The summed E-state index contributed by atoms with van der Waals surface area (Å²) >= 11 is 3.38. The number of aromatic nitrogens is 3. The van der Waals surface area contributed by atoms with Crippen LogP contribution in [0.5, 0.6) is 0 Å². The summed E-state index contributed by atoms with van der Waals surface area (Å²) in [7, 11) is 0. The van der Waals surface area contributed by atoms with Crippen LogP contribution in [0, 0.1) is 20.8 Å². The first-order valence-electron chi connectivity index (χ1n) is 9.58. The average Bonchev–Trinajstić information content (AvgIpc) is 3.31. The third-order valence-corrected chi connectivity index (χ3v) is 6.57. The maximum absolute atomic E-state index is 12.8. The van der Waals surface area contributed by atoms with Crippen LogP contribution in [0.1, 0.15) is 32.4 Å².